The average molecular weight is 337 g/mol. The Labute approximate surface area is 146 Å². The van der Waals surface area contributed by atoms with Gasteiger partial charge in [-0.3, -0.25) is 9.89 Å². The maximum absolute atomic E-state index is 12.1. The topological polar surface area (TPSA) is 99.6 Å². The minimum Gasteiger partial charge on any atom is -0.382 e. The van der Waals surface area contributed by atoms with Crippen molar-refractivity contribution in [3.8, 4) is 0 Å². The number of aromatic amines is 2. The molecule has 1 amide bonds. The van der Waals surface area contributed by atoms with Gasteiger partial charge in [0.1, 0.15) is 11.5 Å². The van der Waals surface area contributed by atoms with Crippen LogP contribution in [-0.4, -0.2) is 21.1 Å². The summed E-state index contributed by atoms with van der Waals surface area (Å²) in [6.07, 6.45) is 7.42. The van der Waals surface area contributed by atoms with E-state index in [1.54, 1.807) is 0 Å². The first-order chi connectivity index (χ1) is 12.2. The van der Waals surface area contributed by atoms with Gasteiger partial charge in [0.15, 0.2) is 0 Å². The maximum atomic E-state index is 12.1. The molecule has 0 fully saturated rings. The van der Waals surface area contributed by atoms with Crippen molar-refractivity contribution in [1.29, 1.82) is 0 Å². The third kappa shape index (κ3) is 3.24. The first-order valence-electron chi connectivity index (χ1n) is 8.92. The number of rotatable bonds is 3. The lowest BCUT2D eigenvalue weighted by Crippen LogP contribution is -2.23. The number of nitrogens with two attached hydrogens (primary N) is 1. The van der Waals surface area contributed by atoms with E-state index < -0.39 is 0 Å². The van der Waals surface area contributed by atoms with E-state index in [1.165, 1.54) is 53.9 Å². The van der Waals surface area contributed by atoms with Crippen LogP contribution in [0.15, 0.2) is 24.3 Å². The highest BCUT2D eigenvalue weighted by Crippen LogP contribution is 2.28. The number of anilines is 1. The number of nitrogens with one attached hydrogen (secondary N) is 3. The van der Waals surface area contributed by atoms with Gasteiger partial charge in [0.25, 0.3) is 5.91 Å². The third-order valence-corrected chi connectivity index (χ3v) is 4.96. The number of hydrogen-bond donors (Lipinski definition) is 4. The Morgan fingerprint density at radius 3 is 2.80 bits per heavy atom. The van der Waals surface area contributed by atoms with Crippen LogP contribution in [0.2, 0.25) is 0 Å². The predicted octanol–water partition coefficient (Wildman–Crippen LogP) is 3.06. The zero-order valence-electron chi connectivity index (χ0n) is 14.2. The van der Waals surface area contributed by atoms with E-state index in [0.29, 0.717) is 18.1 Å². The minimum atomic E-state index is -0.200. The molecule has 0 radical (unpaired) electrons. The van der Waals surface area contributed by atoms with E-state index in [9.17, 15) is 4.79 Å². The number of benzene rings is 1. The lowest BCUT2D eigenvalue weighted by atomic mass is 9.96. The zero-order valence-corrected chi connectivity index (χ0v) is 14.2. The van der Waals surface area contributed by atoms with Crippen LogP contribution in [0.3, 0.4) is 0 Å². The molecule has 1 aliphatic rings. The van der Waals surface area contributed by atoms with Gasteiger partial charge in [0.05, 0.1) is 0 Å². The van der Waals surface area contributed by atoms with Gasteiger partial charge in [-0.25, -0.2) is 0 Å². The van der Waals surface area contributed by atoms with Crippen LogP contribution < -0.4 is 11.1 Å². The Morgan fingerprint density at radius 1 is 1.16 bits per heavy atom. The number of carbonyl (C=O) groups excluding carboxylic acids is 1. The molecule has 0 saturated heterocycles. The number of nitrogen functional groups attached to an aromatic ring is 1. The molecular weight excluding hydrogens is 314 g/mol. The number of carbonyl (C=O) groups is 1. The largest absolute Gasteiger partial charge is 0.382 e. The smallest absolute Gasteiger partial charge is 0.269 e. The van der Waals surface area contributed by atoms with Crippen LogP contribution in [0, 0.1) is 0 Å². The summed E-state index contributed by atoms with van der Waals surface area (Å²) in [4.78, 5) is 15.7. The van der Waals surface area contributed by atoms with E-state index >= 15 is 0 Å². The van der Waals surface area contributed by atoms with Gasteiger partial charge in [0.2, 0.25) is 0 Å². The number of amides is 1. The number of hydrogen-bond acceptors (Lipinski definition) is 3. The van der Waals surface area contributed by atoms with E-state index in [1.807, 2.05) is 0 Å². The van der Waals surface area contributed by atoms with Gasteiger partial charge in [0, 0.05) is 29.2 Å². The Bertz CT molecular complexity index is 908. The molecule has 1 aliphatic carbocycles. The van der Waals surface area contributed by atoms with Crippen molar-refractivity contribution in [2.75, 3.05) is 5.73 Å². The molecule has 2 heterocycles. The van der Waals surface area contributed by atoms with E-state index in [4.69, 9.17) is 5.73 Å². The van der Waals surface area contributed by atoms with Crippen LogP contribution in [0.25, 0.3) is 10.9 Å². The highest BCUT2D eigenvalue weighted by atomic mass is 16.1. The molecule has 130 valence electrons. The Morgan fingerprint density at radius 2 is 2.00 bits per heavy atom. The second-order valence-electron chi connectivity index (χ2n) is 6.77. The molecular formula is C19H23N5O. The molecule has 0 unspecified atom stereocenters. The summed E-state index contributed by atoms with van der Waals surface area (Å²) in [6, 6.07) is 7.92. The van der Waals surface area contributed by atoms with Crippen molar-refractivity contribution in [1.82, 2.24) is 20.5 Å². The summed E-state index contributed by atoms with van der Waals surface area (Å²) in [6.45, 7) is 0.480. The van der Waals surface area contributed by atoms with Crippen LogP contribution in [0.1, 0.15) is 53.0 Å². The number of H-pyrrole nitrogens is 2. The summed E-state index contributed by atoms with van der Waals surface area (Å²) in [5.41, 5.74) is 11.1. The molecule has 5 N–H and O–H groups in total. The number of aryl methyl sites for hydroxylation is 2. The van der Waals surface area contributed by atoms with Gasteiger partial charge < -0.3 is 16.0 Å². The quantitative estimate of drug-likeness (QED) is 0.591. The maximum Gasteiger partial charge on any atom is 0.269 e. The lowest BCUT2D eigenvalue weighted by Gasteiger charge is -2.10. The molecule has 0 spiro atoms. The van der Waals surface area contributed by atoms with Gasteiger partial charge in [-0.1, -0.05) is 18.9 Å². The summed E-state index contributed by atoms with van der Waals surface area (Å²) in [7, 11) is 0. The van der Waals surface area contributed by atoms with Gasteiger partial charge >= 0.3 is 0 Å². The predicted molar refractivity (Wildman–Crippen MR) is 98.3 cm³/mol. The molecule has 2 aromatic heterocycles. The summed E-state index contributed by atoms with van der Waals surface area (Å²) >= 11 is 0. The Hall–Kier alpha value is -2.76. The van der Waals surface area contributed by atoms with E-state index in [-0.39, 0.29) is 5.91 Å². The average Bonchev–Trinajstić information content (AvgIpc) is 3.16. The highest BCUT2D eigenvalue weighted by Gasteiger charge is 2.14. The zero-order chi connectivity index (χ0) is 17.2. The lowest BCUT2D eigenvalue weighted by molar-refractivity contribution is 0.0946. The second-order valence-corrected chi connectivity index (χ2v) is 6.77. The van der Waals surface area contributed by atoms with Crippen LogP contribution in [0.5, 0.6) is 0 Å². The highest BCUT2D eigenvalue weighted by molar-refractivity contribution is 5.93. The van der Waals surface area contributed by atoms with Gasteiger partial charge in [-0.2, -0.15) is 5.10 Å². The van der Waals surface area contributed by atoms with Crippen LogP contribution in [-0.2, 0) is 19.4 Å². The molecule has 4 rings (SSSR count). The van der Waals surface area contributed by atoms with Crippen molar-refractivity contribution in [2.24, 2.45) is 0 Å². The molecule has 6 nitrogen and oxygen atoms in total. The molecule has 25 heavy (non-hydrogen) atoms. The molecule has 0 bridgehead atoms. The summed E-state index contributed by atoms with van der Waals surface area (Å²) in [5.74, 6) is 0.117. The van der Waals surface area contributed by atoms with Crippen molar-refractivity contribution >= 4 is 22.6 Å². The number of aromatic nitrogens is 3. The Balaban J connectivity index is 1.54. The van der Waals surface area contributed by atoms with Crippen molar-refractivity contribution in [3.05, 3.63) is 46.8 Å². The van der Waals surface area contributed by atoms with E-state index in [0.717, 1.165) is 18.4 Å². The summed E-state index contributed by atoms with van der Waals surface area (Å²) < 4.78 is 0. The fourth-order valence-electron chi connectivity index (χ4n) is 3.65. The van der Waals surface area contributed by atoms with Crippen molar-refractivity contribution in [3.63, 3.8) is 0 Å². The van der Waals surface area contributed by atoms with Gasteiger partial charge in [-0.05, 0) is 48.9 Å². The molecule has 0 saturated carbocycles. The fourth-order valence-corrected chi connectivity index (χ4v) is 3.65. The second kappa shape index (κ2) is 6.63. The first kappa shape index (κ1) is 15.7. The fraction of sp³-hybridized carbons (Fsp3) is 0.368. The SMILES string of the molecule is Nc1cc(C(=O)NCc2ccc3[nH]c4c(c3c2)CCCCCC4)[nH]n1. The summed E-state index contributed by atoms with van der Waals surface area (Å²) in [5, 5.41) is 10.6. The number of fused-ring (bicyclic) bond motifs is 3. The molecule has 6 heteroatoms. The van der Waals surface area contributed by atoms with Crippen LogP contribution >= 0.6 is 0 Å². The Kier molecular flexibility index (Phi) is 4.17. The van der Waals surface area contributed by atoms with Crippen LogP contribution in [0.4, 0.5) is 5.82 Å². The monoisotopic (exact) mass is 337 g/mol. The minimum absolute atomic E-state index is 0.200. The first-order valence-corrected chi connectivity index (χ1v) is 8.92. The molecule has 3 aromatic rings. The van der Waals surface area contributed by atoms with Gasteiger partial charge in [-0.15, -0.1) is 0 Å². The normalized spacial score (nSPS) is 14.7. The molecule has 1 aromatic carbocycles. The number of nitrogens with zero attached hydrogens (tertiary/aromatic N) is 1. The standard InChI is InChI=1S/C19H23N5O/c20-18-10-17(23-24-18)19(25)21-11-12-7-8-16-14(9-12)13-5-3-1-2-4-6-15(13)22-16/h7-10,22H,1-6,11H2,(H,21,25)(H3,20,23,24). The third-order valence-electron chi connectivity index (χ3n) is 4.96. The molecule has 0 atom stereocenters. The molecule has 0 aliphatic heterocycles. The van der Waals surface area contributed by atoms with Crippen molar-refractivity contribution in [2.45, 2.75) is 45.1 Å². The van der Waals surface area contributed by atoms with E-state index in [2.05, 4.69) is 38.7 Å². The van der Waals surface area contributed by atoms with Crippen molar-refractivity contribution < 1.29 is 4.79 Å².